The molecule has 94 valence electrons. The quantitative estimate of drug-likeness (QED) is 0.730. The van der Waals surface area contributed by atoms with Gasteiger partial charge in [-0.25, -0.2) is 0 Å². The molecule has 0 N–H and O–H groups in total. The van der Waals surface area contributed by atoms with Gasteiger partial charge in [-0.3, -0.25) is 0 Å². The molecule has 0 spiro atoms. The summed E-state index contributed by atoms with van der Waals surface area (Å²) in [5, 5.41) is 14.4. The highest BCUT2D eigenvalue weighted by atomic mass is 32.1. The Morgan fingerprint density at radius 2 is 2.00 bits per heavy atom. The number of nitrogens with zero attached hydrogens (tertiary/aromatic N) is 4. The fourth-order valence-electron chi connectivity index (χ4n) is 1.67. The van der Waals surface area contributed by atoms with E-state index in [9.17, 15) is 0 Å². The summed E-state index contributed by atoms with van der Waals surface area (Å²) in [6.45, 7) is 0.618. The Kier molecular flexibility index (Phi) is 3.47. The van der Waals surface area contributed by atoms with Crippen LogP contribution in [0.15, 0.2) is 53.9 Å². The van der Waals surface area contributed by atoms with Crippen LogP contribution in [0.1, 0.15) is 5.56 Å². The molecule has 0 saturated heterocycles. The van der Waals surface area contributed by atoms with Crippen molar-refractivity contribution in [3.05, 3.63) is 59.5 Å². The maximum absolute atomic E-state index is 4.34. The molecule has 0 fully saturated rings. The fourth-order valence-corrected chi connectivity index (χ4v) is 2.32. The molecular weight excluding hydrogens is 256 g/mol. The second kappa shape index (κ2) is 5.58. The smallest absolute Gasteiger partial charge is 0.160 e. The van der Waals surface area contributed by atoms with Crippen molar-refractivity contribution in [2.45, 2.75) is 6.54 Å². The maximum Gasteiger partial charge on any atom is 0.214 e. The van der Waals surface area contributed by atoms with Crippen molar-refractivity contribution < 1.29 is 0 Å². The third-order valence-corrected chi connectivity index (χ3v) is 3.44. The van der Waals surface area contributed by atoms with Gasteiger partial charge in [0, 0.05) is 0 Å². The van der Waals surface area contributed by atoms with E-state index in [2.05, 4.69) is 27.5 Å². The second-order valence-corrected chi connectivity index (χ2v) is 4.91. The van der Waals surface area contributed by atoms with Crippen molar-refractivity contribution in [3.8, 4) is 10.7 Å². The van der Waals surface area contributed by atoms with Crippen LogP contribution in [-0.4, -0.2) is 20.2 Å². The van der Waals surface area contributed by atoms with Crippen molar-refractivity contribution in [1.82, 2.24) is 20.2 Å². The van der Waals surface area contributed by atoms with Crippen LogP contribution in [-0.2, 0) is 6.54 Å². The Bertz CT molecular complexity index is 656. The third-order valence-electron chi connectivity index (χ3n) is 2.57. The summed E-state index contributed by atoms with van der Waals surface area (Å²) in [5.41, 5.74) is 1.17. The van der Waals surface area contributed by atoms with Crippen LogP contribution < -0.4 is 0 Å². The van der Waals surface area contributed by atoms with Gasteiger partial charge < -0.3 is 0 Å². The van der Waals surface area contributed by atoms with Gasteiger partial charge in [-0.05, 0) is 22.2 Å². The van der Waals surface area contributed by atoms with Gasteiger partial charge in [0.25, 0.3) is 0 Å². The summed E-state index contributed by atoms with van der Waals surface area (Å²) in [6.07, 6.45) is 4.07. The van der Waals surface area contributed by atoms with E-state index < -0.39 is 0 Å². The zero-order valence-corrected chi connectivity index (χ0v) is 11.0. The molecule has 0 atom stereocenters. The number of benzene rings is 1. The first-order valence-electron chi connectivity index (χ1n) is 5.95. The largest absolute Gasteiger partial charge is 0.214 e. The molecule has 5 heteroatoms. The molecule has 3 rings (SSSR count). The minimum absolute atomic E-state index is 0.618. The van der Waals surface area contributed by atoms with Crippen LogP contribution in [0.5, 0.6) is 0 Å². The zero-order chi connectivity index (χ0) is 12.9. The summed E-state index contributed by atoms with van der Waals surface area (Å²) >= 11 is 1.61. The minimum Gasteiger partial charge on any atom is -0.160 e. The number of aromatic nitrogens is 4. The number of hydrogen-bond donors (Lipinski definition) is 0. The predicted molar refractivity (Wildman–Crippen MR) is 76.6 cm³/mol. The predicted octanol–water partition coefficient (Wildman–Crippen LogP) is 3.12. The molecule has 0 bridgehead atoms. The van der Waals surface area contributed by atoms with E-state index >= 15 is 0 Å². The van der Waals surface area contributed by atoms with Gasteiger partial charge >= 0.3 is 0 Å². The number of hydrogen-bond acceptors (Lipinski definition) is 4. The van der Waals surface area contributed by atoms with Crippen molar-refractivity contribution in [3.63, 3.8) is 0 Å². The maximum atomic E-state index is 4.34. The first-order chi connectivity index (χ1) is 9.42. The molecule has 0 aliphatic heterocycles. The molecule has 0 radical (unpaired) electrons. The molecule has 19 heavy (non-hydrogen) atoms. The van der Waals surface area contributed by atoms with Crippen molar-refractivity contribution >= 4 is 17.4 Å². The first-order valence-corrected chi connectivity index (χ1v) is 6.83. The van der Waals surface area contributed by atoms with Gasteiger partial charge in [0.2, 0.25) is 5.82 Å². The first kappa shape index (κ1) is 11.8. The summed E-state index contributed by atoms with van der Waals surface area (Å²) in [7, 11) is 0. The normalized spacial score (nSPS) is 11.2. The Balaban J connectivity index is 1.67. The van der Waals surface area contributed by atoms with E-state index in [0.717, 1.165) is 4.88 Å². The SMILES string of the molecule is C(=C/c1ccccc1)/Cn1nnc(-c2cccs2)n1. The van der Waals surface area contributed by atoms with Crippen LogP contribution in [0.2, 0.25) is 0 Å². The molecule has 0 unspecified atom stereocenters. The Morgan fingerprint density at radius 3 is 2.79 bits per heavy atom. The number of thiophene rings is 1. The Labute approximate surface area is 115 Å². The van der Waals surface area contributed by atoms with Gasteiger partial charge in [-0.15, -0.1) is 21.5 Å². The van der Waals surface area contributed by atoms with Crippen molar-refractivity contribution in [2.24, 2.45) is 0 Å². The van der Waals surface area contributed by atoms with Gasteiger partial charge in [0.15, 0.2) is 0 Å². The molecule has 0 amide bonds. The highest BCUT2D eigenvalue weighted by molar-refractivity contribution is 7.13. The lowest BCUT2D eigenvalue weighted by Crippen LogP contribution is -1.99. The summed E-state index contributed by atoms with van der Waals surface area (Å²) < 4.78 is 0. The average Bonchev–Trinajstić information content (AvgIpc) is 3.10. The summed E-state index contributed by atoms with van der Waals surface area (Å²) in [4.78, 5) is 2.63. The van der Waals surface area contributed by atoms with E-state index in [4.69, 9.17) is 0 Å². The fraction of sp³-hybridized carbons (Fsp3) is 0.0714. The van der Waals surface area contributed by atoms with Crippen LogP contribution in [0.25, 0.3) is 16.8 Å². The molecule has 0 aliphatic rings. The molecule has 2 heterocycles. The minimum atomic E-state index is 0.618. The number of allylic oxidation sites excluding steroid dienone is 1. The standard InChI is InChI=1S/C14H12N4S/c1-2-6-12(7-3-1)8-4-10-18-16-14(15-17-18)13-9-5-11-19-13/h1-9,11H,10H2/b8-4-. The molecule has 3 aromatic rings. The van der Waals surface area contributed by atoms with Gasteiger partial charge in [0.05, 0.1) is 11.4 Å². The molecule has 1 aromatic carbocycles. The van der Waals surface area contributed by atoms with E-state index in [-0.39, 0.29) is 0 Å². The topological polar surface area (TPSA) is 43.6 Å². The van der Waals surface area contributed by atoms with E-state index in [1.54, 1.807) is 16.1 Å². The van der Waals surface area contributed by atoms with Crippen molar-refractivity contribution in [1.29, 1.82) is 0 Å². The van der Waals surface area contributed by atoms with E-state index in [1.165, 1.54) is 5.56 Å². The van der Waals surface area contributed by atoms with Crippen LogP contribution in [0.4, 0.5) is 0 Å². The molecule has 4 nitrogen and oxygen atoms in total. The van der Waals surface area contributed by atoms with Gasteiger partial charge in [0.1, 0.15) is 0 Å². The highest BCUT2D eigenvalue weighted by Crippen LogP contribution is 2.19. The lowest BCUT2D eigenvalue weighted by atomic mass is 10.2. The third kappa shape index (κ3) is 2.95. The van der Waals surface area contributed by atoms with Gasteiger partial charge in [-0.1, -0.05) is 48.6 Å². The van der Waals surface area contributed by atoms with Crippen LogP contribution in [0, 0.1) is 0 Å². The Morgan fingerprint density at radius 1 is 1.11 bits per heavy atom. The molecular formula is C14H12N4S. The van der Waals surface area contributed by atoms with Crippen LogP contribution >= 0.6 is 11.3 Å². The van der Waals surface area contributed by atoms with E-state index in [0.29, 0.717) is 12.4 Å². The lowest BCUT2D eigenvalue weighted by molar-refractivity contribution is 0.584. The molecule has 0 saturated carbocycles. The second-order valence-electron chi connectivity index (χ2n) is 3.96. The zero-order valence-electron chi connectivity index (χ0n) is 10.2. The van der Waals surface area contributed by atoms with Crippen LogP contribution in [0.3, 0.4) is 0 Å². The average molecular weight is 268 g/mol. The monoisotopic (exact) mass is 268 g/mol. The van der Waals surface area contributed by atoms with Crippen molar-refractivity contribution in [2.75, 3.05) is 0 Å². The number of rotatable bonds is 4. The molecule has 0 aliphatic carbocycles. The lowest BCUT2D eigenvalue weighted by Gasteiger charge is -1.92. The summed E-state index contributed by atoms with van der Waals surface area (Å²) in [6, 6.07) is 14.1. The Hall–Kier alpha value is -2.27. The molecule has 2 aromatic heterocycles. The summed E-state index contributed by atoms with van der Waals surface area (Å²) in [5.74, 6) is 0.683. The highest BCUT2D eigenvalue weighted by Gasteiger charge is 2.05. The van der Waals surface area contributed by atoms with E-state index in [1.807, 2.05) is 47.9 Å². The van der Waals surface area contributed by atoms with Gasteiger partial charge in [-0.2, -0.15) is 4.80 Å². The number of tetrazole rings is 1.